The van der Waals surface area contributed by atoms with Crippen molar-refractivity contribution < 1.29 is 27.6 Å². The summed E-state index contributed by atoms with van der Waals surface area (Å²) in [7, 11) is 0. The van der Waals surface area contributed by atoms with Gasteiger partial charge < -0.3 is 15.1 Å². The molecule has 2 N–H and O–H groups in total. The van der Waals surface area contributed by atoms with E-state index >= 15 is 0 Å². The highest BCUT2D eigenvalue weighted by molar-refractivity contribution is 6.06. The van der Waals surface area contributed by atoms with Gasteiger partial charge in [0, 0.05) is 55.0 Å². The first-order valence-electron chi connectivity index (χ1n) is 14.2. The van der Waals surface area contributed by atoms with Crippen molar-refractivity contribution in [2.45, 2.75) is 102 Å². The highest BCUT2D eigenvalue weighted by Gasteiger charge is 2.42. The van der Waals surface area contributed by atoms with Crippen LogP contribution in [0.25, 0.3) is 0 Å². The third kappa shape index (κ3) is 6.26. The molecule has 0 bridgehead atoms. The zero-order valence-corrected chi connectivity index (χ0v) is 22.8. The summed E-state index contributed by atoms with van der Waals surface area (Å²) in [5, 5.41) is 5.46. The van der Waals surface area contributed by atoms with Gasteiger partial charge in [-0.05, 0) is 68.4 Å². The van der Waals surface area contributed by atoms with Crippen LogP contribution in [0, 0.1) is 11.3 Å². The number of fused-ring (bicyclic) bond motifs is 1. The number of piperidine rings is 1. The van der Waals surface area contributed by atoms with Crippen LogP contribution in [0.2, 0.25) is 0 Å². The fourth-order valence-electron chi connectivity index (χ4n) is 7.20. The zero-order valence-electron chi connectivity index (χ0n) is 22.8. The number of hydrogen-bond acceptors (Lipinski definition) is 5. The van der Waals surface area contributed by atoms with Crippen molar-refractivity contribution in [1.82, 2.24) is 15.5 Å². The molecule has 3 fully saturated rings. The summed E-state index contributed by atoms with van der Waals surface area (Å²) in [5.41, 5.74) is 2.89. The smallest absolute Gasteiger partial charge is 0.368 e. The van der Waals surface area contributed by atoms with Gasteiger partial charge in [0.1, 0.15) is 6.04 Å². The largest absolute Gasteiger partial charge is 0.390 e. The van der Waals surface area contributed by atoms with Gasteiger partial charge in [0.2, 0.25) is 11.8 Å². The Morgan fingerprint density at radius 2 is 1.79 bits per heavy atom. The maximum absolute atomic E-state index is 13.4. The minimum atomic E-state index is -4.15. The normalized spacial score (nSPS) is 27.3. The Labute approximate surface area is 227 Å². The lowest BCUT2D eigenvalue weighted by atomic mass is 9.64. The van der Waals surface area contributed by atoms with Crippen LogP contribution in [0.15, 0.2) is 18.2 Å². The first-order chi connectivity index (χ1) is 18.4. The Morgan fingerprint density at radius 1 is 1.08 bits per heavy atom. The molecule has 7 nitrogen and oxygen atoms in total. The number of carbonyl (C=O) groups is 3. The fraction of sp³-hybridized carbons (Fsp3) is 0.690. The molecule has 5 rings (SSSR count). The molecular formula is C29H39F3N4O3. The number of alkyl halides is 3. The van der Waals surface area contributed by atoms with Crippen molar-refractivity contribution >= 4 is 23.4 Å². The van der Waals surface area contributed by atoms with Gasteiger partial charge in [-0.3, -0.25) is 19.7 Å². The molecule has 2 heterocycles. The predicted molar refractivity (Wildman–Crippen MR) is 141 cm³/mol. The first kappa shape index (κ1) is 27.9. The summed E-state index contributed by atoms with van der Waals surface area (Å²) >= 11 is 0. The number of amides is 3. The molecule has 214 valence electrons. The zero-order chi connectivity index (χ0) is 27.9. The molecule has 0 aromatic heterocycles. The summed E-state index contributed by atoms with van der Waals surface area (Å²) < 4.78 is 37.8. The number of nitrogens with one attached hydrogen (secondary N) is 2. The van der Waals surface area contributed by atoms with Gasteiger partial charge in [0.25, 0.3) is 5.91 Å². The second kappa shape index (κ2) is 10.7. The Morgan fingerprint density at radius 3 is 2.44 bits per heavy atom. The van der Waals surface area contributed by atoms with E-state index in [0.717, 1.165) is 56.3 Å². The molecule has 0 spiro atoms. The number of rotatable bonds is 8. The molecule has 1 atom stereocenters. The molecule has 10 heteroatoms. The van der Waals surface area contributed by atoms with Crippen LogP contribution in [0.4, 0.5) is 18.9 Å². The highest BCUT2D eigenvalue weighted by atomic mass is 19.4. The van der Waals surface area contributed by atoms with E-state index in [-0.39, 0.29) is 36.9 Å². The maximum atomic E-state index is 13.4. The Kier molecular flexibility index (Phi) is 7.70. The van der Waals surface area contributed by atoms with Crippen LogP contribution < -0.4 is 15.5 Å². The minimum absolute atomic E-state index is 0.0514. The van der Waals surface area contributed by atoms with Crippen LogP contribution in [-0.2, 0) is 16.1 Å². The minimum Gasteiger partial charge on any atom is -0.368 e. The van der Waals surface area contributed by atoms with E-state index in [2.05, 4.69) is 35.4 Å². The topological polar surface area (TPSA) is 81.8 Å². The quantitative estimate of drug-likeness (QED) is 0.466. The van der Waals surface area contributed by atoms with Crippen molar-refractivity contribution in [3.8, 4) is 0 Å². The Balaban J connectivity index is 1.33. The van der Waals surface area contributed by atoms with E-state index in [1.54, 1.807) is 4.90 Å². The van der Waals surface area contributed by atoms with E-state index in [0.29, 0.717) is 29.9 Å². The fourth-order valence-corrected chi connectivity index (χ4v) is 7.20. The molecule has 2 aliphatic heterocycles. The molecule has 3 amide bonds. The van der Waals surface area contributed by atoms with Crippen molar-refractivity contribution in [1.29, 1.82) is 0 Å². The lowest BCUT2D eigenvalue weighted by Gasteiger charge is -2.48. The summed E-state index contributed by atoms with van der Waals surface area (Å²) in [6, 6.07) is 5.45. The molecule has 1 aromatic carbocycles. The van der Waals surface area contributed by atoms with Gasteiger partial charge in [0.15, 0.2) is 0 Å². The van der Waals surface area contributed by atoms with Crippen molar-refractivity contribution in [2.75, 3.05) is 18.0 Å². The van der Waals surface area contributed by atoms with Crippen molar-refractivity contribution in [3.05, 3.63) is 29.3 Å². The van der Waals surface area contributed by atoms with Crippen LogP contribution >= 0.6 is 0 Å². The second-order valence-electron chi connectivity index (χ2n) is 12.6. The van der Waals surface area contributed by atoms with Crippen LogP contribution in [-0.4, -0.2) is 60.0 Å². The lowest BCUT2D eigenvalue weighted by Crippen LogP contribution is -2.52. The average molecular weight is 549 g/mol. The lowest BCUT2D eigenvalue weighted by molar-refractivity contribution is -0.137. The summed E-state index contributed by atoms with van der Waals surface area (Å²) in [6.07, 6.45) is 1.20. The third-order valence-electron chi connectivity index (χ3n) is 8.98. The molecule has 39 heavy (non-hydrogen) atoms. The molecule has 0 radical (unpaired) electrons. The van der Waals surface area contributed by atoms with Gasteiger partial charge in [-0.25, -0.2) is 0 Å². The summed E-state index contributed by atoms with van der Waals surface area (Å²) in [6.45, 7) is 5.72. The number of nitrogens with zero attached hydrogens (tertiary/aromatic N) is 2. The number of carbonyl (C=O) groups excluding carboxylic acids is 3. The van der Waals surface area contributed by atoms with E-state index in [4.69, 9.17) is 0 Å². The van der Waals surface area contributed by atoms with Crippen LogP contribution in [0.1, 0.15) is 87.6 Å². The van der Waals surface area contributed by atoms with Crippen LogP contribution in [0.3, 0.4) is 0 Å². The van der Waals surface area contributed by atoms with Gasteiger partial charge in [0.05, 0.1) is 6.42 Å². The van der Waals surface area contributed by atoms with Gasteiger partial charge >= 0.3 is 6.18 Å². The van der Waals surface area contributed by atoms with Gasteiger partial charge in [-0.2, -0.15) is 13.2 Å². The number of hydrogen-bond donors (Lipinski definition) is 2. The summed E-state index contributed by atoms with van der Waals surface area (Å²) in [5.74, 6) is -0.358. The number of anilines is 1. The van der Waals surface area contributed by atoms with E-state index in [1.807, 2.05) is 12.1 Å². The molecule has 1 unspecified atom stereocenters. The second-order valence-corrected chi connectivity index (χ2v) is 12.6. The number of benzene rings is 1. The highest BCUT2D eigenvalue weighted by Crippen LogP contribution is 2.47. The number of imide groups is 1. The van der Waals surface area contributed by atoms with E-state index in [9.17, 15) is 27.6 Å². The number of halogens is 3. The SMILES string of the molecule is CC1(C)CC(CN(c2cccc3c2CN(C2CCC(=O)NC2=O)C3=O)C2CCC(NCCC(F)(F)F)CC2)C1. The van der Waals surface area contributed by atoms with Gasteiger partial charge in [-0.15, -0.1) is 0 Å². The van der Waals surface area contributed by atoms with E-state index in [1.165, 1.54) is 0 Å². The third-order valence-corrected chi connectivity index (χ3v) is 8.98. The van der Waals surface area contributed by atoms with Crippen LogP contribution in [0.5, 0.6) is 0 Å². The molecule has 2 aliphatic carbocycles. The Hall–Kier alpha value is -2.62. The monoisotopic (exact) mass is 548 g/mol. The molecule has 2 saturated carbocycles. The standard InChI is InChI=1S/C29H39F3N4O3/c1-28(2)14-18(15-28)16-35(20-8-6-19(7-9-20)33-13-12-29(30,31)32)23-5-3-4-21-22(23)17-36(27(21)39)24-10-11-25(37)34-26(24)38/h3-5,18-20,24,33H,6-17H2,1-2H3,(H,34,37,38). The molecular weight excluding hydrogens is 509 g/mol. The molecule has 1 saturated heterocycles. The first-order valence-corrected chi connectivity index (χ1v) is 14.2. The maximum Gasteiger partial charge on any atom is 0.390 e. The average Bonchev–Trinajstić information content (AvgIpc) is 3.17. The van der Waals surface area contributed by atoms with E-state index < -0.39 is 24.5 Å². The van der Waals surface area contributed by atoms with Gasteiger partial charge in [-0.1, -0.05) is 19.9 Å². The molecule has 4 aliphatic rings. The van der Waals surface area contributed by atoms with Crippen molar-refractivity contribution in [2.24, 2.45) is 11.3 Å². The predicted octanol–water partition coefficient (Wildman–Crippen LogP) is 4.54. The molecule has 1 aromatic rings. The summed E-state index contributed by atoms with van der Waals surface area (Å²) in [4.78, 5) is 41.7. The van der Waals surface area contributed by atoms with Crippen molar-refractivity contribution in [3.63, 3.8) is 0 Å². The Bertz CT molecular complexity index is 1110.